The molecule has 2 fully saturated rings. The lowest BCUT2D eigenvalue weighted by Crippen LogP contribution is -2.38. The molecule has 2 aliphatic rings. The second-order valence-corrected chi connectivity index (χ2v) is 7.78. The van der Waals surface area contributed by atoms with Gasteiger partial charge in [-0.3, -0.25) is 0 Å². The zero-order valence-electron chi connectivity index (χ0n) is 16.1. The van der Waals surface area contributed by atoms with Gasteiger partial charge < -0.3 is 15.3 Å². The quantitative estimate of drug-likeness (QED) is 0.705. The minimum Gasteiger partial charge on any atom is -0.393 e. The van der Waals surface area contributed by atoms with Gasteiger partial charge in [-0.15, -0.1) is 24.8 Å². The number of alkyl halides is 3. The molecule has 1 aromatic rings. The maximum atomic E-state index is 13.2. The van der Waals surface area contributed by atoms with E-state index in [9.17, 15) is 18.3 Å². The highest BCUT2D eigenvalue weighted by Crippen LogP contribution is 2.39. The van der Waals surface area contributed by atoms with Crippen molar-refractivity contribution >= 4 is 24.8 Å². The summed E-state index contributed by atoms with van der Waals surface area (Å²) in [5.74, 6) is -0.0379. The summed E-state index contributed by atoms with van der Waals surface area (Å²) in [6.07, 6.45) is -0.0409. The van der Waals surface area contributed by atoms with Gasteiger partial charge in [0.05, 0.1) is 11.7 Å². The third-order valence-corrected chi connectivity index (χ3v) is 6.08. The van der Waals surface area contributed by atoms with Crippen LogP contribution in [0.1, 0.15) is 49.1 Å². The molecule has 0 bridgehead atoms. The van der Waals surface area contributed by atoms with Gasteiger partial charge in [-0.25, -0.2) is 0 Å². The summed E-state index contributed by atoms with van der Waals surface area (Å²) >= 11 is 0. The van der Waals surface area contributed by atoms with E-state index in [0.717, 1.165) is 51.3 Å². The van der Waals surface area contributed by atoms with Crippen LogP contribution >= 0.6 is 24.8 Å². The molecule has 2 N–H and O–H groups in total. The summed E-state index contributed by atoms with van der Waals surface area (Å²) in [6.45, 7) is 2.57. The van der Waals surface area contributed by atoms with Gasteiger partial charge in [-0.1, -0.05) is 31.0 Å². The normalized spacial score (nSPS) is 27.0. The number of benzene rings is 1. The third-order valence-electron chi connectivity index (χ3n) is 6.08. The number of aliphatic hydroxyl groups excluding tert-OH is 1. The number of hydrogen-bond donors (Lipinski definition) is 2. The maximum absolute atomic E-state index is 13.2. The van der Waals surface area contributed by atoms with Crippen LogP contribution in [0.25, 0.3) is 0 Å². The predicted octanol–water partition coefficient (Wildman–Crippen LogP) is 4.48. The average molecular weight is 443 g/mol. The lowest BCUT2D eigenvalue weighted by atomic mass is 9.74. The van der Waals surface area contributed by atoms with Crippen molar-refractivity contribution in [2.75, 3.05) is 26.7 Å². The fourth-order valence-corrected chi connectivity index (χ4v) is 4.56. The molecule has 28 heavy (non-hydrogen) atoms. The molecule has 4 atom stereocenters. The van der Waals surface area contributed by atoms with Crippen LogP contribution in [0.5, 0.6) is 0 Å². The lowest BCUT2D eigenvalue weighted by Gasteiger charge is -2.37. The molecule has 1 aromatic carbocycles. The Hall–Kier alpha value is -0.530. The van der Waals surface area contributed by atoms with E-state index in [4.69, 9.17) is 0 Å². The van der Waals surface area contributed by atoms with Crippen molar-refractivity contribution in [3.05, 3.63) is 35.4 Å². The summed E-state index contributed by atoms with van der Waals surface area (Å²) < 4.78 is 39.6. The van der Waals surface area contributed by atoms with Crippen molar-refractivity contribution in [1.29, 1.82) is 0 Å². The zero-order chi connectivity index (χ0) is 18.7. The van der Waals surface area contributed by atoms with Gasteiger partial charge in [0.1, 0.15) is 0 Å². The van der Waals surface area contributed by atoms with Crippen LogP contribution in [-0.2, 0) is 6.18 Å². The van der Waals surface area contributed by atoms with E-state index in [1.165, 1.54) is 12.1 Å². The molecular formula is C20H31Cl2F3N2O. The third kappa shape index (κ3) is 6.23. The molecule has 0 aromatic heterocycles. The lowest BCUT2D eigenvalue weighted by molar-refractivity contribution is -0.137. The first-order chi connectivity index (χ1) is 12.4. The Morgan fingerprint density at radius 2 is 1.89 bits per heavy atom. The van der Waals surface area contributed by atoms with E-state index in [1.54, 1.807) is 6.07 Å². The van der Waals surface area contributed by atoms with E-state index in [-0.39, 0.29) is 36.6 Å². The highest BCUT2D eigenvalue weighted by atomic mass is 35.5. The van der Waals surface area contributed by atoms with E-state index in [0.29, 0.717) is 18.2 Å². The number of nitrogens with one attached hydrogen (secondary N) is 1. The Kier molecular flexibility index (Phi) is 10.0. The predicted molar refractivity (Wildman–Crippen MR) is 111 cm³/mol. The molecule has 0 amide bonds. The van der Waals surface area contributed by atoms with Crippen LogP contribution in [0.15, 0.2) is 24.3 Å². The van der Waals surface area contributed by atoms with Crippen LogP contribution in [0, 0.1) is 5.92 Å². The summed E-state index contributed by atoms with van der Waals surface area (Å²) in [5, 5.41) is 13.8. The number of likely N-dealkylation sites (tertiary alicyclic amines) is 1. The fourth-order valence-electron chi connectivity index (χ4n) is 4.56. The van der Waals surface area contributed by atoms with E-state index >= 15 is 0 Å². The molecule has 3 rings (SSSR count). The number of rotatable bonds is 5. The summed E-state index contributed by atoms with van der Waals surface area (Å²) in [4.78, 5) is 2.33. The molecule has 8 heteroatoms. The molecule has 1 saturated heterocycles. The topological polar surface area (TPSA) is 35.5 Å². The van der Waals surface area contributed by atoms with Crippen molar-refractivity contribution in [1.82, 2.24) is 10.2 Å². The largest absolute Gasteiger partial charge is 0.416 e. The Morgan fingerprint density at radius 1 is 1.18 bits per heavy atom. The van der Waals surface area contributed by atoms with Crippen LogP contribution in [0.2, 0.25) is 0 Å². The molecule has 1 aliphatic heterocycles. The monoisotopic (exact) mass is 442 g/mol. The zero-order valence-corrected chi connectivity index (χ0v) is 17.8. The van der Waals surface area contributed by atoms with Crippen LogP contribution in [0.3, 0.4) is 0 Å². The Morgan fingerprint density at radius 3 is 2.50 bits per heavy atom. The SMILES string of the molecule is CN[C@@H]1CCN(CC(c2cccc(C(F)(F)F)c2)C2CCCCC2O)C1.Cl.Cl. The maximum Gasteiger partial charge on any atom is 0.416 e. The van der Waals surface area contributed by atoms with Gasteiger partial charge in [-0.05, 0) is 50.4 Å². The van der Waals surface area contributed by atoms with Gasteiger partial charge in [0.25, 0.3) is 0 Å². The summed E-state index contributed by atoms with van der Waals surface area (Å²) in [5.41, 5.74) is 0.110. The summed E-state index contributed by atoms with van der Waals surface area (Å²) in [6, 6.07) is 6.16. The minimum atomic E-state index is -4.34. The molecule has 0 spiro atoms. The standard InChI is InChI=1S/C20H29F3N2O.2ClH/c1-24-16-9-10-25(12-16)13-18(17-7-2-3-8-19(17)26)14-5-4-6-15(11-14)20(21,22)23;;/h4-6,11,16-19,24,26H,2-3,7-10,12-13H2,1H3;2*1H/t16-,17?,18?,19?;;/m1../s1. The van der Waals surface area contributed by atoms with E-state index < -0.39 is 17.8 Å². The van der Waals surface area contributed by atoms with Crippen LogP contribution in [-0.4, -0.2) is 48.8 Å². The van der Waals surface area contributed by atoms with Crippen molar-refractivity contribution in [3.63, 3.8) is 0 Å². The minimum absolute atomic E-state index is 0. The van der Waals surface area contributed by atoms with Gasteiger partial charge in [0, 0.05) is 25.0 Å². The summed E-state index contributed by atoms with van der Waals surface area (Å²) in [7, 11) is 1.95. The van der Waals surface area contributed by atoms with Crippen molar-refractivity contribution < 1.29 is 18.3 Å². The van der Waals surface area contributed by atoms with Gasteiger partial charge >= 0.3 is 6.18 Å². The second-order valence-electron chi connectivity index (χ2n) is 7.78. The molecule has 162 valence electrons. The highest BCUT2D eigenvalue weighted by molar-refractivity contribution is 5.85. The van der Waals surface area contributed by atoms with E-state index in [2.05, 4.69) is 10.2 Å². The van der Waals surface area contributed by atoms with Crippen molar-refractivity contribution in [2.24, 2.45) is 5.92 Å². The first kappa shape index (κ1) is 25.5. The smallest absolute Gasteiger partial charge is 0.393 e. The number of halogens is 5. The Bertz CT molecular complexity index is 603. The Balaban J connectivity index is 0.00000196. The molecular weight excluding hydrogens is 412 g/mol. The molecule has 3 unspecified atom stereocenters. The number of nitrogens with zero attached hydrogens (tertiary/aromatic N) is 1. The van der Waals surface area contributed by atoms with E-state index in [1.807, 2.05) is 7.05 Å². The van der Waals surface area contributed by atoms with Crippen molar-refractivity contribution in [2.45, 2.75) is 56.3 Å². The molecule has 1 saturated carbocycles. The molecule has 3 nitrogen and oxygen atoms in total. The Labute approximate surface area is 177 Å². The number of likely N-dealkylation sites (N-methyl/N-ethyl adjacent to an activating group) is 1. The molecule has 1 heterocycles. The van der Waals surface area contributed by atoms with Crippen molar-refractivity contribution in [3.8, 4) is 0 Å². The first-order valence-corrected chi connectivity index (χ1v) is 9.63. The molecule has 0 radical (unpaired) electrons. The first-order valence-electron chi connectivity index (χ1n) is 9.63. The number of hydrogen-bond acceptors (Lipinski definition) is 3. The van der Waals surface area contributed by atoms with Crippen LogP contribution < -0.4 is 5.32 Å². The van der Waals surface area contributed by atoms with Gasteiger partial charge in [-0.2, -0.15) is 13.2 Å². The average Bonchev–Trinajstić information content (AvgIpc) is 3.08. The van der Waals surface area contributed by atoms with Gasteiger partial charge in [0.2, 0.25) is 0 Å². The van der Waals surface area contributed by atoms with Gasteiger partial charge in [0.15, 0.2) is 0 Å². The molecule has 1 aliphatic carbocycles. The number of aliphatic hydroxyl groups is 1. The second kappa shape index (κ2) is 11.0. The van der Waals surface area contributed by atoms with Crippen LogP contribution in [0.4, 0.5) is 13.2 Å². The fraction of sp³-hybridized carbons (Fsp3) is 0.700. The highest BCUT2D eigenvalue weighted by Gasteiger charge is 2.36.